The second kappa shape index (κ2) is 11.3. The number of carbonyl (C=O) groups is 3. The number of rotatable bonds is 10. The van der Waals surface area contributed by atoms with E-state index in [-0.39, 0.29) is 18.8 Å². The molecular weight excluding hydrogens is 507 g/mol. The third-order valence-corrected chi connectivity index (χ3v) is 6.75. The minimum atomic E-state index is -1.29. The van der Waals surface area contributed by atoms with Gasteiger partial charge in [0.1, 0.15) is 11.9 Å². The Morgan fingerprint density at radius 3 is 2.50 bits per heavy atom. The van der Waals surface area contributed by atoms with E-state index in [1.54, 1.807) is 23.0 Å². The Bertz CT molecular complexity index is 1240. The molecule has 1 unspecified atom stereocenters. The molecule has 0 bridgehead atoms. The smallest absolute Gasteiger partial charge is 0.408 e. The average molecular weight is 537 g/mol. The second-order valence-electron chi connectivity index (χ2n) is 9.67. The molecule has 10 nitrogen and oxygen atoms in total. The van der Waals surface area contributed by atoms with Gasteiger partial charge in [-0.2, -0.15) is 5.10 Å². The molecule has 0 aliphatic heterocycles. The van der Waals surface area contributed by atoms with Crippen molar-refractivity contribution in [3.8, 4) is 0 Å². The van der Waals surface area contributed by atoms with Gasteiger partial charge in [-0.25, -0.2) is 9.78 Å². The van der Waals surface area contributed by atoms with Crippen molar-refractivity contribution < 1.29 is 19.5 Å². The first-order valence-corrected chi connectivity index (χ1v) is 12.3. The number of nitrogens with zero attached hydrogens (tertiary/aromatic N) is 4. The molecule has 36 heavy (non-hydrogen) atoms. The van der Waals surface area contributed by atoms with Crippen LogP contribution in [0.25, 0.3) is 11.0 Å². The van der Waals surface area contributed by atoms with Gasteiger partial charge in [0.25, 0.3) is 5.91 Å². The minimum Gasteiger partial charge on any atom is -0.465 e. The number of hydrogen-bond acceptors (Lipinski definition) is 5. The number of anilines is 1. The molecule has 0 aliphatic rings. The molecule has 0 aliphatic carbocycles. The van der Waals surface area contributed by atoms with Crippen molar-refractivity contribution >= 4 is 57.8 Å². The lowest BCUT2D eigenvalue weighted by Crippen LogP contribution is -2.57. The lowest BCUT2D eigenvalue weighted by molar-refractivity contribution is -0.139. The number of ketones is 1. The molecule has 2 atom stereocenters. The summed E-state index contributed by atoms with van der Waals surface area (Å²) in [4.78, 5) is 44.3. The molecule has 0 saturated heterocycles. The highest BCUT2D eigenvalue weighted by molar-refractivity contribution is 6.43. The van der Waals surface area contributed by atoms with Crippen LogP contribution in [0.2, 0.25) is 10.0 Å². The van der Waals surface area contributed by atoms with E-state index in [9.17, 15) is 19.5 Å². The van der Waals surface area contributed by atoms with E-state index < -0.39 is 35.3 Å². The number of fused-ring (bicyclic) bond motifs is 1. The monoisotopic (exact) mass is 536 g/mol. The standard InChI is InChI=1S/C24H30Cl2N6O4/c1-5-6-7-17(21(33)22(34)29-20-8-9-28-30-20)32(23(35)36)19(24(2,3)4)12-31-13-27-16-10-14(25)15(26)11-18(16)31/h8-11,13,17,19H,5-7,12H2,1-4H3,(H,35,36)(H2,28,29,30,34)/t17-,19?/m0/s1. The summed E-state index contributed by atoms with van der Waals surface area (Å²) in [6, 6.07) is 2.95. The highest BCUT2D eigenvalue weighted by atomic mass is 35.5. The number of Topliss-reactive ketones (excluding diaryl/α,β-unsaturated/α-hetero) is 1. The van der Waals surface area contributed by atoms with Gasteiger partial charge < -0.3 is 15.0 Å². The summed E-state index contributed by atoms with van der Waals surface area (Å²) < 4.78 is 1.79. The van der Waals surface area contributed by atoms with Crippen LogP contribution in [0.1, 0.15) is 47.0 Å². The number of halogens is 2. The van der Waals surface area contributed by atoms with E-state index >= 15 is 0 Å². The van der Waals surface area contributed by atoms with Gasteiger partial charge in [0.2, 0.25) is 5.78 Å². The number of carboxylic acid groups (broad SMARTS) is 1. The van der Waals surface area contributed by atoms with Crippen LogP contribution in [0, 0.1) is 5.41 Å². The fourth-order valence-corrected chi connectivity index (χ4v) is 4.42. The summed E-state index contributed by atoms with van der Waals surface area (Å²) in [5.41, 5.74) is 0.685. The number of hydrogen-bond donors (Lipinski definition) is 3. The zero-order chi connectivity index (χ0) is 26.6. The first-order valence-electron chi connectivity index (χ1n) is 11.6. The number of aromatic nitrogens is 4. The van der Waals surface area contributed by atoms with Crippen molar-refractivity contribution in [2.75, 3.05) is 5.32 Å². The maximum Gasteiger partial charge on any atom is 0.408 e. The van der Waals surface area contributed by atoms with Crippen molar-refractivity contribution in [2.45, 2.75) is 65.6 Å². The number of unbranched alkanes of at least 4 members (excludes halogenated alkanes) is 1. The summed E-state index contributed by atoms with van der Waals surface area (Å²) in [6.07, 6.45) is 3.23. The molecule has 1 aromatic carbocycles. The van der Waals surface area contributed by atoms with Crippen molar-refractivity contribution in [3.05, 3.63) is 40.8 Å². The van der Waals surface area contributed by atoms with E-state index in [1.807, 2.05) is 27.7 Å². The van der Waals surface area contributed by atoms with Crippen LogP contribution in [0.5, 0.6) is 0 Å². The van der Waals surface area contributed by atoms with Crippen LogP contribution in [0.15, 0.2) is 30.7 Å². The fourth-order valence-electron chi connectivity index (χ4n) is 4.10. The van der Waals surface area contributed by atoms with Gasteiger partial charge in [-0.15, -0.1) is 0 Å². The van der Waals surface area contributed by atoms with Crippen molar-refractivity contribution in [1.29, 1.82) is 0 Å². The Labute approximate surface area is 219 Å². The lowest BCUT2D eigenvalue weighted by Gasteiger charge is -2.42. The molecule has 3 aromatic rings. The van der Waals surface area contributed by atoms with Crippen LogP contribution in [0.3, 0.4) is 0 Å². The number of H-pyrrole nitrogens is 1. The lowest BCUT2D eigenvalue weighted by atomic mass is 9.84. The Balaban J connectivity index is 2.01. The Morgan fingerprint density at radius 2 is 1.92 bits per heavy atom. The van der Waals surface area contributed by atoms with Gasteiger partial charge in [-0.05, 0) is 24.0 Å². The summed E-state index contributed by atoms with van der Waals surface area (Å²) >= 11 is 12.3. The molecule has 0 saturated carbocycles. The third-order valence-electron chi connectivity index (χ3n) is 6.03. The summed E-state index contributed by atoms with van der Waals surface area (Å²) in [6.45, 7) is 7.79. The van der Waals surface area contributed by atoms with Crippen LogP contribution in [-0.2, 0) is 16.1 Å². The highest BCUT2D eigenvalue weighted by Gasteiger charge is 2.42. The summed E-state index contributed by atoms with van der Waals surface area (Å²) in [5.74, 6) is -1.49. The first-order chi connectivity index (χ1) is 16.9. The molecule has 0 spiro atoms. The SMILES string of the molecule is CCCC[C@@H](C(=O)C(=O)Nc1ccn[nH]1)N(C(=O)O)C(Cn1cnc2cc(Cl)c(Cl)cc21)C(C)(C)C. The third kappa shape index (κ3) is 6.17. The summed E-state index contributed by atoms with van der Waals surface area (Å²) in [5, 5.41) is 19.8. The number of carbonyl (C=O) groups excluding carboxylic acids is 2. The van der Waals surface area contributed by atoms with Crippen molar-refractivity contribution in [3.63, 3.8) is 0 Å². The number of imidazole rings is 1. The number of benzene rings is 1. The molecule has 2 amide bonds. The average Bonchev–Trinajstić information content (AvgIpc) is 3.44. The normalized spacial score (nSPS) is 13.4. The fraction of sp³-hybridized carbons (Fsp3) is 0.458. The van der Waals surface area contributed by atoms with Gasteiger partial charge >= 0.3 is 6.09 Å². The molecule has 3 rings (SSSR count). The zero-order valence-corrected chi connectivity index (χ0v) is 22.1. The molecule has 0 radical (unpaired) electrons. The van der Waals surface area contributed by atoms with E-state index in [2.05, 4.69) is 20.5 Å². The van der Waals surface area contributed by atoms with E-state index in [1.165, 1.54) is 12.3 Å². The van der Waals surface area contributed by atoms with E-state index in [4.69, 9.17) is 23.2 Å². The van der Waals surface area contributed by atoms with Gasteiger partial charge in [0.05, 0.1) is 39.6 Å². The Kier molecular flexibility index (Phi) is 8.63. The van der Waals surface area contributed by atoms with Crippen molar-refractivity contribution in [2.24, 2.45) is 5.41 Å². The van der Waals surface area contributed by atoms with E-state index in [0.29, 0.717) is 27.5 Å². The largest absolute Gasteiger partial charge is 0.465 e. The quantitative estimate of drug-likeness (QED) is 0.304. The maximum absolute atomic E-state index is 13.3. The van der Waals surface area contributed by atoms with Gasteiger partial charge in [0.15, 0.2) is 0 Å². The predicted molar refractivity (Wildman–Crippen MR) is 138 cm³/mol. The molecule has 194 valence electrons. The van der Waals surface area contributed by atoms with Crippen LogP contribution >= 0.6 is 23.2 Å². The zero-order valence-electron chi connectivity index (χ0n) is 20.6. The minimum absolute atomic E-state index is 0.183. The van der Waals surface area contributed by atoms with Crippen LogP contribution in [-0.4, -0.2) is 59.6 Å². The van der Waals surface area contributed by atoms with Crippen LogP contribution in [0.4, 0.5) is 10.6 Å². The Hall–Kier alpha value is -3.11. The molecule has 2 heterocycles. The maximum atomic E-state index is 13.3. The molecular formula is C24H30Cl2N6O4. The molecule has 3 N–H and O–H groups in total. The van der Waals surface area contributed by atoms with E-state index in [0.717, 1.165) is 11.3 Å². The Morgan fingerprint density at radius 1 is 1.22 bits per heavy atom. The number of amides is 2. The number of nitrogens with one attached hydrogen (secondary N) is 2. The first kappa shape index (κ1) is 27.5. The second-order valence-corrected chi connectivity index (χ2v) is 10.5. The number of aromatic amines is 1. The summed E-state index contributed by atoms with van der Waals surface area (Å²) in [7, 11) is 0. The van der Waals surface area contributed by atoms with Crippen molar-refractivity contribution in [1.82, 2.24) is 24.6 Å². The van der Waals surface area contributed by atoms with Gasteiger partial charge in [0, 0.05) is 12.6 Å². The van der Waals surface area contributed by atoms with Crippen LogP contribution < -0.4 is 5.32 Å². The molecule has 0 fully saturated rings. The molecule has 2 aromatic heterocycles. The van der Waals surface area contributed by atoms with Gasteiger partial charge in [-0.3, -0.25) is 19.6 Å². The van der Waals surface area contributed by atoms with Gasteiger partial charge in [-0.1, -0.05) is 63.7 Å². The highest BCUT2D eigenvalue weighted by Crippen LogP contribution is 2.32. The molecule has 12 heteroatoms. The topological polar surface area (TPSA) is 133 Å². The predicted octanol–water partition coefficient (Wildman–Crippen LogP) is 5.23.